The Morgan fingerprint density at radius 1 is 0.933 bits per heavy atom. The molecule has 3 heterocycles. The number of aromatic nitrogens is 5. The Bertz CT molecular complexity index is 1260. The number of methoxy groups -OCH3 is 1. The standard InChI is InChI=1S/C23H20N6O/c1-30-20-8-4-18(5-9-20)21-14-26-23-22(25-11-13-29(21)23)27-19-6-2-17(3-7-19)15-28-12-10-24-16-28/h2-14,16H,15H2,1H3,(H,25,27). The minimum atomic E-state index is 0.708. The Labute approximate surface area is 173 Å². The molecule has 0 aliphatic rings. The number of imidazole rings is 2. The van der Waals surface area contributed by atoms with Gasteiger partial charge in [-0.3, -0.25) is 4.40 Å². The van der Waals surface area contributed by atoms with Crippen molar-refractivity contribution in [1.82, 2.24) is 23.9 Å². The van der Waals surface area contributed by atoms with Gasteiger partial charge in [0.15, 0.2) is 11.5 Å². The van der Waals surface area contributed by atoms with Crippen molar-refractivity contribution in [3.63, 3.8) is 0 Å². The summed E-state index contributed by atoms with van der Waals surface area (Å²) in [5.74, 6) is 1.53. The molecule has 0 aliphatic heterocycles. The lowest BCUT2D eigenvalue weighted by molar-refractivity contribution is 0.415. The molecule has 0 saturated carbocycles. The van der Waals surface area contributed by atoms with Crippen molar-refractivity contribution in [2.24, 2.45) is 0 Å². The van der Waals surface area contributed by atoms with Crippen LogP contribution in [0, 0.1) is 0 Å². The Morgan fingerprint density at radius 3 is 2.50 bits per heavy atom. The highest BCUT2D eigenvalue weighted by Gasteiger charge is 2.11. The van der Waals surface area contributed by atoms with Crippen LogP contribution in [0.2, 0.25) is 0 Å². The molecule has 1 N–H and O–H groups in total. The number of nitrogens with one attached hydrogen (secondary N) is 1. The SMILES string of the molecule is COc1ccc(-c2cnc3c(Nc4ccc(Cn5ccnc5)cc4)nccn23)cc1. The molecular weight excluding hydrogens is 376 g/mol. The normalized spacial score (nSPS) is 11.0. The highest BCUT2D eigenvalue weighted by Crippen LogP contribution is 2.26. The molecule has 7 nitrogen and oxygen atoms in total. The second-order valence-corrected chi connectivity index (χ2v) is 6.90. The molecule has 0 bridgehead atoms. The summed E-state index contributed by atoms with van der Waals surface area (Å²) in [7, 11) is 1.66. The third-order valence-corrected chi connectivity index (χ3v) is 4.95. The van der Waals surface area contributed by atoms with E-state index in [-0.39, 0.29) is 0 Å². The van der Waals surface area contributed by atoms with E-state index in [0.717, 1.165) is 34.9 Å². The summed E-state index contributed by atoms with van der Waals surface area (Å²) in [6.45, 7) is 0.791. The third kappa shape index (κ3) is 3.48. The third-order valence-electron chi connectivity index (χ3n) is 4.95. The van der Waals surface area contributed by atoms with Crippen LogP contribution in [0.1, 0.15) is 5.56 Å². The van der Waals surface area contributed by atoms with E-state index in [2.05, 4.69) is 32.4 Å². The Morgan fingerprint density at radius 2 is 1.77 bits per heavy atom. The molecule has 3 aromatic heterocycles. The molecule has 0 fully saturated rings. The molecule has 0 spiro atoms. The molecule has 5 aromatic rings. The molecule has 0 unspecified atom stereocenters. The smallest absolute Gasteiger partial charge is 0.180 e. The van der Waals surface area contributed by atoms with Gasteiger partial charge in [-0.1, -0.05) is 12.1 Å². The minimum Gasteiger partial charge on any atom is -0.497 e. The summed E-state index contributed by atoms with van der Waals surface area (Å²) in [6.07, 6.45) is 11.1. The molecule has 5 rings (SSSR count). The van der Waals surface area contributed by atoms with Crippen LogP contribution >= 0.6 is 0 Å². The predicted octanol–water partition coefficient (Wildman–Crippen LogP) is 4.39. The van der Waals surface area contributed by atoms with Crippen LogP contribution in [-0.4, -0.2) is 31.0 Å². The van der Waals surface area contributed by atoms with Crippen molar-refractivity contribution in [2.75, 3.05) is 12.4 Å². The van der Waals surface area contributed by atoms with Gasteiger partial charge in [-0.05, 0) is 42.0 Å². The van der Waals surface area contributed by atoms with Crippen molar-refractivity contribution in [3.05, 3.63) is 91.4 Å². The summed E-state index contributed by atoms with van der Waals surface area (Å²) >= 11 is 0. The quantitative estimate of drug-likeness (QED) is 0.461. The largest absolute Gasteiger partial charge is 0.497 e. The van der Waals surface area contributed by atoms with E-state index in [4.69, 9.17) is 4.74 Å². The van der Waals surface area contributed by atoms with Gasteiger partial charge in [0.2, 0.25) is 0 Å². The molecular formula is C23H20N6O. The van der Waals surface area contributed by atoms with Crippen molar-refractivity contribution < 1.29 is 4.74 Å². The van der Waals surface area contributed by atoms with Crippen LogP contribution in [0.4, 0.5) is 11.5 Å². The Hall–Kier alpha value is -4.13. The number of hydrogen-bond acceptors (Lipinski definition) is 5. The van der Waals surface area contributed by atoms with E-state index >= 15 is 0 Å². The number of ether oxygens (including phenoxy) is 1. The zero-order valence-electron chi connectivity index (χ0n) is 16.4. The maximum atomic E-state index is 5.25. The molecule has 2 aromatic carbocycles. The lowest BCUT2D eigenvalue weighted by Gasteiger charge is -2.09. The molecule has 0 aliphatic carbocycles. The van der Waals surface area contributed by atoms with Crippen LogP contribution in [0.15, 0.2) is 85.8 Å². The highest BCUT2D eigenvalue weighted by atomic mass is 16.5. The van der Waals surface area contributed by atoms with Gasteiger partial charge in [0.1, 0.15) is 5.75 Å². The zero-order valence-corrected chi connectivity index (χ0v) is 16.4. The van der Waals surface area contributed by atoms with E-state index in [1.165, 1.54) is 5.56 Å². The van der Waals surface area contributed by atoms with E-state index in [1.54, 1.807) is 19.5 Å². The number of benzene rings is 2. The summed E-state index contributed by atoms with van der Waals surface area (Å²) in [4.78, 5) is 13.2. The molecule has 148 valence electrons. The second-order valence-electron chi connectivity index (χ2n) is 6.90. The van der Waals surface area contributed by atoms with Crippen molar-refractivity contribution in [3.8, 4) is 17.0 Å². The average molecular weight is 396 g/mol. The first-order valence-electron chi connectivity index (χ1n) is 9.58. The predicted molar refractivity (Wildman–Crippen MR) is 116 cm³/mol. The molecule has 30 heavy (non-hydrogen) atoms. The molecule has 0 radical (unpaired) electrons. The topological polar surface area (TPSA) is 69.3 Å². The summed E-state index contributed by atoms with van der Waals surface area (Å²) in [5.41, 5.74) is 4.98. The summed E-state index contributed by atoms with van der Waals surface area (Å²) in [5, 5.41) is 3.38. The van der Waals surface area contributed by atoms with Gasteiger partial charge < -0.3 is 14.6 Å². The van der Waals surface area contributed by atoms with Crippen molar-refractivity contribution in [2.45, 2.75) is 6.54 Å². The van der Waals surface area contributed by atoms with Crippen LogP contribution in [0.5, 0.6) is 5.75 Å². The Kier molecular flexibility index (Phi) is 4.61. The van der Waals surface area contributed by atoms with Crippen LogP contribution in [0.3, 0.4) is 0 Å². The lowest BCUT2D eigenvalue weighted by atomic mass is 10.1. The second kappa shape index (κ2) is 7.71. The maximum Gasteiger partial charge on any atom is 0.180 e. The monoisotopic (exact) mass is 396 g/mol. The summed E-state index contributed by atoms with van der Waals surface area (Å²) in [6, 6.07) is 16.2. The first kappa shape index (κ1) is 17.9. The van der Waals surface area contributed by atoms with Gasteiger partial charge in [0.25, 0.3) is 0 Å². The van der Waals surface area contributed by atoms with Gasteiger partial charge in [-0.15, -0.1) is 0 Å². The van der Waals surface area contributed by atoms with E-state index in [9.17, 15) is 0 Å². The fraction of sp³-hybridized carbons (Fsp3) is 0.0870. The minimum absolute atomic E-state index is 0.708. The maximum absolute atomic E-state index is 5.25. The number of anilines is 2. The fourth-order valence-corrected chi connectivity index (χ4v) is 3.40. The fourth-order valence-electron chi connectivity index (χ4n) is 3.40. The first-order valence-corrected chi connectivity index (χ1v) is 9.58. The van der Waals surface area contributed by atoms with Gasteiger partial charge in [-0.2, -0.15) is 0 Å². The molecule has 7 heteroatoms. The van der Waals surface area contributed by atoms with Crippen LogP contribution < -0.4 is 10.1 Å². The van der Waals surface area contributed by atoms with E-state index in [0.29, 0.717) is 5.82 Å². The van der Waals surface area contributed by atoms with Crippen LogP contribution in [0.25, 0.3) is 16.9 Å². The van der Waals surface area contributed by atoms with Crippen molar-refractivity contribution in [1.29, 1.82) is 0 Å². The highest BCUT2D eigenvalue weighted by molar-refractivity contribution is 5.74. The average Bonchev–Trinajstić information content (AvgIpc) is 3.46. The van der Waals surface area contributed by atoms with Gasteiger partial charge in [0.05, 0.1) is 25.3 Å². The lowest BCUT2D eigenvalue weighted by Crippen LogP contribution is -2.00. The van der Waals surface area contributed by atoms with Gasteiger partial charge in [-0.25, -0.2) is 15.0 Å². The van der Waals surface area contributed by atoms with Crippen molar-refractivity contribution >= 4 is 17.2 Å². The molecule has 0 saturated heterocycles. The zero-order chi connectivity index (χ0) is 20.3. The number of rotatable bonds is 6. The molecule has 0 atom stereocenters. The van der Waals surface area contributed by atoms with Crippen LogP contribution in [-0.2, 0) is 6.54 Å². The Balaban J connectivity index is 1.40. The number of fused-ring (bicyclic) bond motifs is 1. The molecule has 0 amide bonds. The van der Waals surface area contributed by atoms with E-state index in [1.807, 2.05) is 70.3 Å². The number of nitrogens with zero attached hydrogens (tertiary/aromatic N) is 5. The van der Waals surface area contributed by atoms with E-state index < -0.39 is 0 Å². The van der Waals surface area contributed by atoms with Gasteiger partial charge in [0, 0.05) is 42.6 Å². The summed E-state index contributed by atoms with van der Waals surface area (Å²) < 4.78 is 9.32. The number of hydrogen-bond donors (Lipinski definition) is 1. The first-order chi connectivity index (χ1) is 14.8. The van der Waals surface area contributed by atoms with Gasteiger partial charge >= 0.3 is 0 Å².